The molecule has 2 heterocycles. The highest BCUT2D eigenvalue weighted by molar-refractivity contribution is 8.00. The highest BCUT2D eigenvalue weighted by Gasteiger charge is 2.34. The van der Waals surface area contributed by atoms with Crippen molar-refractivity contribution in [3.8, 4) is 5.75 Å². The number of rotatable bonds is 2. The summed E-state index contributed by atoms with van der Waals surface area (Å²) in [5, 5.41) is 0. The van der Waals surface area contributed by atoms with Crippen molar-refractivity contribution in [2.45, 2.75) is 26.7 Å². The van der Waals surface area contributed by atoms with Gasteiger partial charge in [0.2, 0.25) is 0 Å². The van der Waals surface area contributed by atoms with Crippen LogP contribution < -0.4 is 4.74 Å². The predicted molar refractivity (Wildman–Crippen MR) is 91.9 cm³/mol. The Hall–Kier alpha value is -1.82. The van der Waals surface area contributed by atoms with Gasteiger partial charge in [-0.3, -0.25) is 0 Å². The topological polar surface area (TPSA) is 59.0 Å². The first-order valence-corrected chi connectivity index (χ1v) is 9.32. The minimum absolute atomic E-state index is 0.314. The Morgan fingerprint density at radius 1 is 1.17 bits per heavy atom. The largest absolute Gasteiger partial charge is 0.497 e. The Kier molecular flexibility index (Phi) is 4.19. The number of methoxy groups -OCH3 is 1. The second-order valence-corrected chi connectivity index (χ2v) is 7.78. The first-order chi connectivity index (χ1) is 10.9. The van der Waals surface area contributed by atoms with E-state index in [1.807, 2.05) is 6.92 Å². The standard InChI is InChI=1S/C17H22N2O3S/c1-12-8-10-19(11-9-12)17-13(2)16(23(20,21)18-17)14-4-6-15(22-3)7-5-14/h4-7,12H,8-11H2,1-3H3. The van der Waals surface area contributed by atoms with Gasteiger partial charge < -0.3 is 9.64 Å². The van der Waals surface area contributed by atoms with E-state index in [0.717, 1.165) is 31.5 Å². The summed E-state index contributed by atoms with van der Waals surface area (Å²) in [7, 11) is -2.05. The number of hydrogen-bond acceptors (Lipinski definition) is 4. The van der Waals surface area contributed by atoms with Gasteiger partial charge in [-0.15, -0.1) is 4.40 Å². The van der Waals surface area contributed by atoms with Gasteiger partial charge in [-0.05, 0) is 55.5 Å². The van der Waals surface area contributed by atoms with E-state index in [0.29, 0.717) is 28.0 Å². The molecule has 0 atom stereocenters. The smallest absolute Gasteiger partial charge is 0.285 e. The van der Waals surface area contributed by atoms with Crippen molar-refractivity contribution >= 4 is 20.8 Å². The van der Waals surface area contributed by atoms with Gasteiger partial charge in [0.25, 0.3) is 10.0 Å². The molecule has 23 heavy (non-hydrogen) atoms. The van der Waals surface area contributed by atoms with Crippen molar-refractivity contribution in [3.63, 3.8) is 0 Å². The number of ether oxygens (including phenoxy) is 1. The third kappa shape index (κ3) is 3.00. The number of hydrogen-bond donors (Lipinski definition) is 0. The van der Waals surface area contributed by atoms with Crippen LogP contribution in [-0.4, -0.2) is 39.4 Å². The molecule has 0 radical (unpaired) electrons. The Labute approximate surface area is 137 Å². The quantitative estimate of drug-likeness (QED) is 0.834. The van der Waals surface area contributed by atoms with Gasteiger partial charge in [0.15, 0.2) is 0 Å². The van der Waals surface area contributed by atoms with Crippen LogP contribution >= 0.6 is 0 Å². The van der Waals surface area contributed by atoms with Gasteiger partial charge in [0.05, 0.1) is 7.11 Å². The monoisotopic (exact) mass is 334 g/mol. The molecule has 2 aliphatic heterocycles. The fourth-order valence-corrected chi connectivity index (χ4v) is 4.63. The van der Waals surface area contributed by atoms with Crippen LogP contribution in [0.5, 0.6) is 5.75 Å². The Morgan fingerprint density at radius 2 is 1.78 bits per heavy atom. The SMILES string of the molecule is COc1ccc(C2=C(C)C(N3CCC(C)CC3)=NS2(=O)=O)cc1. The van der Waals surface area contributed by atoms with Gasteiger partial charge in [0, 0.05) is 18.7 Å². The van der Waals surface area contributed by atoms with E-state index >= 15 is 0 Å². The maximum absolute atomic E-state index is 12.5. The Bertz CT molecular complexity index is 756. The molecule has 1 saturated heterocycles. The van der Waals surface area contributed by atoms with E-state index in [2.05, 4.69) is 16.2 Å². The highest BCUT2D eigenvalue weighted by Crippen LogP contribution is 2.35. The molecule has 1 aromatic rings. The van der Waals surface area contributed by atoms with Crippen LogP contribution in [0.1, 0.15) is 32.3 Å². The van der Waals surface area contributed by atoms with Gasteiger partial charge in [-0.1, -0.05) is 6.92 Å². The molecule has 0 unspecified atom stereocenters. The molecule has 124 valence electrons. The van der Waals surface area contributed by atoms with E-state index in [1.165, 1.54) is 0 Å². The lowest BCUT2D eigenvalue weighted by atomic mass is 9.98. The summed E-state index contributed by atoms with van der Waals surface area (Å²) >= 11 is 0. The van der Waals surface area contributed by atoms with Crippen molar-refractivity contribution < 1.29 is 13.2 Å². The molecule has 0 bridgehead atoms. The summed E-state index contributed by atoms with van der Waals surface area (Å²) in [6.45, 7) is 5.81. The highest BCUT2D eigenvalue weighted by atomic mass is 32.2. The van der Waals surface area contributed by atoms with E-state index in [9.17, 15) is 8.42 Å². The van der Waals surface area contributed by atoms with Gasteiger partial charge in [0.1, 0.15) is 16.5 Å². The lowest BCUT2D eigenvalue weighted by Gasteiger charge is -2.31. The predicted octanol–water partition coefficient (Wildman–Crippen LogP) is 2.90. The lowest BCUT2D eigenvalue weighted by molar-refractivity contribution is 0.281. The van der Waals surface area contributed by atoms with Gasteiger partial charge >= 0.3 is 0 Å². The molecular weight excluding hydrogens is 312 g/mol. The molecule has 2 aliphatic rings. The second-order valence-electron chi connectivity index (χ2n) is 6.24. The Balaban J connectivity index is 1.96. The first kappa shape index (κ1) is 16.1. The van der Waals surface area contributed by atoms with E-state index < -0.39 is 10.0 Å². The van der Waals surface area contributed by atoms with E-state index in [-0.39, 0.29) is 0 Å². The van der Waals surface area contributed by atoms with Gasteiger partial charge in [-0.2, -0.15) is 8.42 Å². The van der Waals surface area contributed by atoms with E-state index in [4.69, 9.17) is 4.74 Å². The molecule has 0 aromatic heterocycles. The van der Waals surface area contributed by atoms with Crippen molar-refractivity contribution in [1.82, 2.24) is 4.90 Å². The number of benzene rings is 1. The molecule has 0 spiro atoms. The summed E-state index contributed by atoms with van der Waals surface area (Å²) in [6, 6.07) is 7.08. The lowest BCUT2D eigenvalue weighted by Crippen LogP contribution is -2.37. The van der Waals surface area contributed by atoms with Crippen molar-refractivity contribution in [2.75, 3.05) is 20.2 Å². The van der Waals surface area contributed by atoms with Gasteiger partial charge in [-0.25, -0.2) is 0 Å². The van der Waals surface area contributed by atoms with Crippen LogP contribution in [0.25, 0.3) is 4.91 Å². The van der Waals surface area contributed by atoms with Crippen LogP contribution in [0.4, 0.5) is 0 Å². The second kappa shape index (κ2) is 6.00. The zero-order valence-electron chi connectivity index (χ0n) is 13.7. The molecule has 3 rings (SSSR count). The molecule has 0 saturated carbocycles. The molecule has 0 amide bonds. The third-order valence-electron chi connectivity index (χ3n) is 4.58. The fraction of sp³-hybridized carbons (Fsp3) is 0.471. The maximum atomic E-state index is 12.5. The zero-order chi connectivity index (χ0) is 16.6. The summed E-state index contributed by atoms with van der Waals surface area (Å²) in [4.78, 5) is 2.41. The molecule has 1 fully saturated rings. The maximum Gasteiger partial charge on any atom is 0.285 e. The molecule has 5 nitrogen and oxygen atoms in total. The van der Waals surface area contributed by atoms with Crippen molar-refractivity contribution in [2.24, 2.45) is 10.3 Å². The summed E-state index contributed by atoms with van der Waals surface area (Å²) in [5.41, 5.74) is 1.40. The normalized spacial score (nSPS) is 21.5. The average molecular weight is 334 g/mol. The van der Waals surface area contributed by atoms with Crippen LogP contribution in [0, 0.1) is 5.92 Å². The number of likely N-dealkylation sites (tertiary alicyclic amines) is 1. The summed E-state index contributed by atoms with van der Waals surface area (Å²) in [6.07, 6.45) is 2.15. The van der Waals surface area contributed by atoms with Crippen molar-refractivity contribution in [1.29, 1.82) is 0 Å². The molecule has 0 N–H and O–H groups in total. The molecular formula is C17H22N2O3S. The van der Waals surface area contributed by atoms with Crippen LogP contribution in [-0.2, 0) is 10.0 Å². The molecule has 1 aromatic carbocycles. The number of amidine groups is 1. The molecule has 6 heteroatoms. The van der Waals surface area contributed by atoms with E-state index in [1.54, 1.807) is 31.4 Å². The average Bonchev–Trinajstić information content (AvgIpc) is 2.78. The van der Waals surface area contributed by atoms with Crippen LogP contribution in [0.2, 0.25) is 0 Å². The molecule has 0 aliphatic carbocycles. The fourth-order valence-electron chi connectivity index (χ4n) is 3.15. The van der Waals surface area contributed by atoms with Crippen LogP contribution in [0.15, 0.2) is 34.2 Å². The van der Waals surface area contributed by atoms with Crippen LogP contribution in [0.3, 0.4) is 0 Å². The first-order valence-electron chi connectivity index (χ1n) is 7.88. The summed E-state index contributed by atoms with van der Waals surface area (Å²) < 4.78 is 34.3. The Morgan fingerprint density at radius 3 is 2.35 bits per heavy atom. The van der Waals surface area contributed by atoms with Crippen molar-refractivity contribution in [3.05, 3.63) is 35.4 Å². The number of piperidine rings is 1. The zero-order valence-corrected chi connectivity index (χ0v) is 14.6. The minimum Gasteiger partial charge on any atom is -0.497 e. The summed E-state index contributed by atoms with van der Waals surface area (Å²) in [5.74, 6) is 2.01. The number of nitrogens with zero attached hydrogens (tertiary/aromatic N) is 2. The minimum atomic E-state index is -3.64. The number of sulfonamides is 1. The third-order valence-corrected chi connectivity index (χ3v) is 6.05.